The number of aliphatic hydroxyl groups is 1. The normalized spacial score (nSPS) is 13.6. The van der Waals surface area contributed by atoms with Gasteiger partial charge >= 0.3 is 0 Å². The molecule has 1 aromatic heterocycles. The number of amides is 1. The second kappa shape index (κ2) is 6.79. The van der Waals surface area contributed by atoms with E-state index >= 15 is 0 Å². The van der Waals surface area contributed by atoms with E-state index in [0.29, 0.717) is 18.6 Å². The molecule has 2 N–H and O–H groups in total. The van der Waals surface area contributed by atoms with Crippen molar-refractivity contribution in [3.05, 3.63) is 59.0 Å². The van der Waals surface area contributed by atoms with Crippen molar-refractivity contribution in [2.75, 3.05) is 6.54 Å². The highest BCUT2D eigenvalue weighted by Gasteiger charge is 2.27. The number of carbonyl (C=O) groups excluding carboxylic acids is 1. The summed E-state index contributed by atoms with van der Waals surface area (Å²) in [6.07, 6.45) is 1.09. The number of benzene rings is 1. The molecule has 1 amide bonds. The number of rotatable bonds is 6. The smallest absolute Gasteiger partial charge is 0.220 e. The summed E-state index contributed by atoms with van der Waals surface area (Å²) in [4.78, 5) is 11.9. The molecule has 0 radical (unpaired) electrons. The SMILES string of the molecule is Cc1cccc(CCC(=O)NCC(C)(O)c2ccc(C)o2)c1. The van der Waals surface area contributed by atoms with Crippen LogP contribution in [0.5, 0.6) is 0 Å². The Labute approximate surface area is 131 Å². The van der Waals surface area contributed by atoms with Crippen molar-refractivity contribution in [3.63, 3.8) is 0 Å². The van der Waals surface area contributed by atoms with E-state index in [9.17, 15) is 9.90 Å². The molecule has 0 aliphatic carbocycles. The molecule has 4 heteroatoms. The quantitative estimate of drug-likeness (QED) is 0.862. The molecule has 0 saturated carbocycles. The van der Waals surface area contributed by atoms with E-state index in [0.717, 1.165) is 11.3 Å². The van der Waals surface area contributed by atoms with Crippen LogP contribution in [0.1, 0.15) is 36.0 Å². The average Bonchev–Trinajstić information content (AvgIpc) is 2.91. The first-order valence-corrected chi connectivity index (χ1v) is 7.48. The molecule has 0 bridgehead atoms. The second-order valence-corrected chi connectivity index (χ2v) is 5.95. The van der Waals surface area contributed by atoms with E-state index < -0.39 is 5.60 Å². The molecule has 2 aromatic rings. The van der Waals surface area contributed by atoms with Crippen molar-refractivity contribution >= 4 is 5.91 Å². The van der Waals surface area contributed by atoms with Gasteiger partial charge in [0.25, 0.3) is 0 Å². The third kappa shape index (κ3) is 4.46. The predicted molar refractivity (Wildman–Crippen MR) is 85.5 cm³/mol. The molecule has 0 fully saturated rings. The van der Waals surface area contributed by atoms with Crippen LogP contribution >= 0.6 is 0 Å². The summed E-state index contributed by atoms with van der Waals surface area (Å²) in [6, 6.07) is 11.6. The summed E-state index contributed by atoms with van der Waals surface area (Å²) in [6.45, 7) is 5.62. The van der Waals surface area contributed by atoms with Crippen molar-refractivity contribution in [2.45, 2.75) is 39.2 Å². The Bertz CT molecular complexity index is 643. The lowest BCUT2D eigenvalue weighted by Gasteiger charge is -2.21. The van der Waals surface area contributed by atoms with Crippen molar-refractivity contribution in [1.82, 2.24) is 5.32 Å². The monoisotopic (exact) mass is 301 g/mol. The number of carbonyl (C=O) groups is 1. The summed E-state index contributed by atoms with van der Waals surface area (Å²) >= 11 is 0. The lowest BCUT2D eigenvalue weighted by molar-refractivity contribution is -0.122. The Kier molecular flexibility index (Phi) is 5.03. The summed E-state index contributed by atoms with van der Waals surface area (Å²) < 4.78 is 5.42. The first kappa shape index (κ1) is 16.3. The topological polar surface area (TPSA) is 62.5 Å². The molecule has 22 heavy (non-hydrogen) atoms. The maximum absolute atomic E-state index is 11.9. The standard InChI is InChI=1S/C18H23NO3/c1-13-5-4-6-15(11-13)8-10-17(20)19-12-18(3,21)16-9-7-14(2)22-16/h4-7,9,11,21H,8,10,12H2,1-3H3,(H,19,20). The van der Waals surface area contributed by atoms with Gasteiger partial charge in [0.05, 0.1) is 6.54 Å². The van der Waals surface area contributed by atoms with Crippen molar-refractivity contribution < 1.29 is 14.3 Å². The summed E-state index contributed by atoms with van der Waals surface area (Å²) in [5.41, 5.74) is 1.13. The molecule has 4 nitrogen and oxygen atoms in total. The van der Waals surface area contributed by atoms with E-state index in [2.05, 4.69) is 11.4 Å². The van der Waals surface area contributed by atoms with E-state index in [1.165, 1.54) is 5.56 Å². The molecule has 2 rings (SSSR count). The molecule has 1 atom stereocenters. The number of hydrogen-bond acceptors (Lipinski definition) is 3. The molecule has 1 unspecified atom stereocenters. The summed E-state index contributed by atoms with van der Waals surface area (Å²) in [5, 5.41) is 13.1. The van der Waals surface area contributed by atoms with Gasteiger partial charge in [-0.2, -0.15) is 0 Å². The van der Waals surface area contributed by atoms with Crippen molar-refractivity contribution in [2.24, 2.45) is 0 Å². The molecule has 1 aromatic carbocycles. The maximum atomic E-state index is 11.9. The second-order valence-electron chi connectivity index (χ2n) is 5.95. The first-order chi connectivity index (χ1) is 10.4. The largest absolute Gasteiger partial charge is 0.463 e. The van der Waals surface area contributed by atoms with Crippen LogP contribution in [0, 0.1) is 13.8 Å². The third-order valence-corrected chi connectivity index (χ3v) is 3.62. The highest BCUT2D eigenvalue weighted by molar-refractivity contribution is 5.76. The van der Waals surface area contributed by atoms with Crippen LogP contribution in [0.15, 0.2) is 40.8 Å². The minimum atomic E-state index is -1.20. The Morgan fingerprint density at radius 3 is 2.68 bits per heavy atom. The predicted octanol–water partition coefficient (Wildman–Crippen LogP) is 2.85. The van der Waals surface area contributed by atoms with Gasteiger partial charge in [-0.3, -0.25) is 4.79 Å². The number of hydrogen-bond donors (Lipinski definition) is 2. The highest BCUT2D eigenvalue weighted by Crippen LogP contribution is 2.21. The van der Waals surface area contributed by atoms with Crippen LogP contribution in [0.3, 0.4) is 0 Å². The van der Waals surface area contributed by atoms with Gasteiger partial charge in [-0.15, -0.1) is 0 Å². The lowest BCUT2D eigenvalue weighted by Crippen LogP contribution is -2.38. The van der Waals surface area contributed by atoms with E-state index in [1.807, 2.05) is 32.0 Å². The van der Waals surface area contributed by atoms with Crippen LogP contribution in [0.25, 0.3) is 0 Å². The van der Waals surface area contributed by atoms with Gasteiger partial charge in [0, 0.05) is 6.42 Å². The number of aryl methyl sites for hydroxylation is 3. The van der Waals surface area contributed by atoms with Crippen LogP contribution in [-0.4, -0.2) is 17.6 Å². The number of nitrogens with one attached hydrogen (secondary N) is 1. The van der Waals surface area contributed by atoms with Crippen LogP contribution in [0.4, 0.5) is 0 Å². The van der Waals surface area contributed by atoms with Gasteiger partial charge in [0.1, 0.15) is 17.1 Å². The molecule has 0 spiro atoms. The van der Waals surface area contributed by atoms with Gasteiger partial charge in [-0.25, -0.2) is 0 Å². The van der Waals surface area contributed by atoms with E-state index in [1.54, 1.807) is 19.1 Å². The molecular formula is C18H23NO3. The summed E-state index contributed by atoms with van der Waals surface area (Å²) in [5.74, 6) is 1.12. The van der Waals surface area contributed by atoms with Gasteiger partial charge in [-0.05, 0) is 44.9 Å². The fourth-order valence-electron chi connectivity index (χ4n) is 2.30. The van der Waals surface area contributed by atoms with Crippen LogP contribution in [-0.2, 0) is 16.8 Å². The zero-order valence-electron chi connectivity index (χ0n) is 13.3. The molecule has 0 saturated heterocycles. The van der Waals surface area contributed by atoms with Crippen LogP contribution in [0.2, 0.25) is 0 Å². The Hall–Kier alpha value is -2.07. The molecule has 0 aliphatic rings. The highest BCUT2D eigenvalue weighted by atomic mass is 16.4. The zero-order valence-corrected chi connectivity index (χ0v) is 13.3. The van der Waals surface area contributed by atoms with Crippen molar-refractivity contribution in [1.29, 1.82) is 0 Å². The summed E-state index contributed by atoms with van der Waals surface area (Å²) in [7, 11) is 0. The van der Waals surface area contributed by atoms with E-state index in [4.69, 9.17) is 4.42 Å². The first-order valence-electron chi connectivity index (χ1n) is 7.48. The van der Waals surface area contributed by atoms with Crippen molar-refractivity contribution in [3.8, 4) is 0 Å². The average molecular weight is 301 g/mol. The minimum Gasteiger partial charge on any atom is -0.463 e. The Morgan fingerprint density at radius 1 is 1.27 bits per heavy atom. The van der Waals surface area contributed by atoms with Gasteiger partial charge < -0.3 is 14.8 Å². The fraction of sp³-hybridized carbons (Fsp3) is 0.389. The molecule has 118 valence electrons. The molecule has 1 heterocycles. The number of furan rings is 1. The van der Waals surface area contributed by atoms with Gasteiger partial charge in [-0.1, -0.05) is 29.8 Å². The lowest BCUT2D eigenvalue weighted by atomic mass is 10.0. The zero-order chi connectivity index (χ0) is 16.2. The van der Waals surface area contributed by atoms with E-state index in [-0.39, 0.29) is 12.5 Å². The molecular weight excluding hydrogens is 278 g/mol. The van der Waals surface area contributed by atoms with Gasteiger partial charge in [0.2, 0.25) is 5.91 Å². The maximum Gasteiger partial charge on any atom is 0.220 e. The third-order valence-electron chi connectivity index (χ3n) is 3.62. The minimum absolute atomic E-state index is 0.0786. The molecule has 0 aliphatic heterocycles. The van der Waals surface area contributed by atoms with Gasteiger partial charge in [0.15, 0.2) is 0 Å². The fourth-order valence-corrected chi connectivity index (χ4v) is 2.30. The Balaban J connectivity index is 1.82. The van der Waals surface area contributed by atoms with Crippen LogP contribution < -0.4 is 5.32 Å². The Morgan fingerprint density at radius 2 is 2.05 bits per heavy atom.